The summed E-state index contributed by atoms with van der Waals surface area (Å²) in [4.78, 5) is 35.5. The molecule has 1 aliphatic rings. The van der Waals surface area contributed by atoms with Crippen LogP contribution in [0, 0.1) is 5.92 Å². The first-order valence-corrected chi connectivity index (χ1v) is 10.7. The molecule has 0 saturated heterocycles. The van der Waals surface area contributed by atoms with Gasteiger partial charge in [-0.1, -0.05) is 6.92 Å². The van der Waals surface area contributed by atoms with Crippen molar-refractivity contribution >= 4 is 7.60 Å². The molecule has 1 aromatic rings. The Balaban J connectivity index is 2.24. The fraction of sp³-hybridized carbons (Fsp3) is 0.765. The Bertz CT molecular complexity index is 860. The lowest BCUT2D eigenvalue weighted by atomic mass is 9.87. The monoisotopic (exact) mass is 420 g/mol. The summed E-state index contributed by atoms with van der Waals surface area (Å²) < 4.78 is 19.0. The van der Waals surface area contributed by atoms with Crippen molar-refractivity contribution in [3.8, 4) is 0 Å². The van der Waals surface area contributed by atoms with E-state index >= 15 is 0 Å². The topological polar surface area (TPSA) is 162 Å². The fourth-order valence-electron chi connectivity index (χ4n) is 3.48. The van der Waals surface area contributed by atoms with Gasteiger partial charge in [0.05, 0.1) is 17.7 Å². The Morgan fingerprint density at radius 1 is 1.29 bits per heavy atom. The minimum atomic E-state index is -4.38. The number of hydrogen-bond acceptors (Lipinski definition) is 7. The predicted octanol–water partition coefficient (Wildman–Crippen LogP) is 0.309. The highest BCUT2D eigenvalue weighted by Crippen LogP contribution is 2.58. The van der Waals surface area contributed by atoms with Crippen molar-refractivity contribution in [1.29, 1.82) is 0 Å². The third-order valence-corrected chi connectivity index (χ3v) is 7.53. The van der Waals surface area contributed by atoms with Gasteiger partial charge < -0.3 is 24.7 Å². The molecular weight excluding hydrogens is 391 g/mol. The zero-order chi connectivity index (χ0) is 21.5. The number of nitrogens with one attached hydrogen (secondary N) is 1. The smallest absolute Gasteiger partial charge is 0.359 e. The highest BCUT2D eigenvalue weighted by molar-refractivity contribution is 7.54. The maximum absolute atomic E-state index is 12.4. The van der Waals surface area contributed by atoms with Gasteiger partial charge in [0.2, 0.25) is 0 Å². The summed E-state index contributed by atoms with van der Waals surface area (Å²) in [5, 5.41) is 28.9. The van der Waals surface area contributed by atoms with Crippen LogP contribution in [0.2, 0.25) is 0 Å². The summed E-state index contributed by atoms with van der Waals surface area (Å²) in [7, 11) is -4.38. The minimum Gasteiger partial charge on any atom is -0.390 e. The Labute approximate surface area is 162 Å². The van der Waals surface area contributed by atoms with Crippen molar-refractivity contribution in [2.45, 2.75) is 76.2 Å². The zero-order valence-corrected chi connectivity index (χ0v) is 17.3. The third-order valence-electron chi connectivity index (χ3n) is 5.46. The second-order valence-electron chi connectivity index (χ2n) is 8.18. The van der Waals surface area contributed by atoms with Crippen molar-refractivity contribution < 1.29 is 29.3 Å². The number of nitrogens with zero attached hydrogens (tertiary/aromatic N) is 1. The molecule has 160 valence electrons. The number of aromatic amines is 1. The summed E-state index contributed by atoms with van der Waals surface area (Å²) in [6, 6.07) is 0.388. The van der Waals surface area contributed by atoms with Crippen LogP contribution in [0.3, 0.4) is 0 Å². The number of aromatic nitrogens is 2. The number of aliphatic hydroxyl groups is 3. The SMILES string of the molecule is CCC(C)(C[C@H]1C[C@@H](n2ccc(=O)[nH]c2=O)[C@H](O)[C@@H]1O)OP(=O)(O)C(C)(C)O. The van der Waals surface area contributed by atoms with E-state index in [4.69, 9.17) is 4.52 Å². The lowest BCUT2D eigenvalue weighted by molar-refractivity contribution is -0.0253. The molecule has 0 bridgehead atoms. The maximum Gasteiger partial charge on any atom is 0.359 e. The normalized spacial score (nSPS) is 30.0. The van der Waals surface area contributed by atoms with Crippen LogP contribution in [0.15, 0.2) is 21.9 Å². The van der Waals surface area contributed by atoms with Crippen LogP contribution in [0.5, 0.6) is 0 Å². The largest absolute Gasteiger partial charge is 0.390 e. The summed E-state index contributed by atoms with van der Waals surface area (Å²) in [6.07, 6.45) is -0.558. The molecule has 2 unspecified atom stereocenters. The van der Waals surface area contributed by atoms with Crippen molar-refractivity contribution in [2.24, 2.45) is 5.92 Å². The fourth-order valence-corrected chi connectivity index (χ4v) is 4.50. The highest BCUT2D eigenvalue weighted by Gasteiger charge is 2.49. The van der Waals surface area contributed by atoms with Crippen LogP contribution < -0.4 is 11.2 Å². The Hall–Kier alpha value is -1.29. The molecule has 1 heterocycles. The summed E-state index contributed by atoms with van der Waals surface area (Å²) in [6.45, 7) is 5.69. The minimum absolute atomic E-state index is 0.122. The molecule has 0 amide bonds. The molecule has 5 N–H and O–H groups in total. The van der Waals surface area contributed by atoms with E-state index < -0.39 is 54.0 Å². The molecule has 0 aliphatic heterocycles. The zero-order valence-electron chi connectivity index (χ0n) is 16.4. The second-order valence-corrected chi connectivity index (χ2v) is 10.5. The number of rotatable bonds is 7. The van der Waals surface area contributed by atoms with E-state index in [2.05, 4.69) is 4.98 Å². The lowest BCUT2D eigenvalue weighted by Gasteiger charge is -2.37. The highest BCUT2D eigenvalue weighted by atomic mass is 31.2. The van der Waals surface area contributed by atoms with E-state index in [9.17, 15) is 34.4 Å². The van der Waals surface area contributed by atoms with Crippen LogP contribution in [0.4, 0.5) is 0 Å². The molecule has 2 rings (SSSR count). The second kappa shape index (κ2) is 7.85. The van der Waals surface area contributed by atoms with E-state index in [0.29, 0.717) is 6.42 Å². The van der Waals surface area contributed by atoms with Gasteiger partial charge in [0.1, 0.15) is 6.10 Å². The third kappa shape index (κ3) is 4.64. The average molecular weight is 420 g/mol. The van der Waals surface area contributed by atoms with E-state index in [1.54, 1.807) is 13.8 Å². The van der Waals surface area contributed by atoms with Crippen LogP contribution >= 0.6 is 7.60 Å². The van der Waals surface area contributed by atoms with E-state index in [-0.39, 0.29) is 12.8 Å². The van der Waals surface area contributed by atoms with Crippen molar-refractivity contribution in [1.82, 2.24) is 9.55 Å². The van der Waals surface area contributed by atoms with Gasteiger partial charge in [0, 0.05) is 12.3 Å². The predicted molar refractivity (Wildman–Crippen MR) is 101 cm³/mol. The molecule has 1 aliphatic carbocycles. The molecule has 1 fully saturated rings. The molecule has 10 nitrogen and oxygen atoms in total. The first kappa shape index (κ1) is 23.0. The molecule has 1 saturated carbocycles. The standard InChI is InChI=1S/C17H29N2O8P/c1-5-17(4,27-28(25,26)16(2,3)24)9-10-8-11(14(22)13(10)21)19-7-6-12(20)18-15(19)23/h6-7,10-11,13-14,21-22,24H,5,8-9H2,1-4H3,(H,25,26)(H,18,20,23)/t10-,11-,13-,14+,17?/m1/s1. The van der Waals surface area contributed by atoms with Gasteiger partial charge in [0.25, 0.3) is 5.56 Å². The lowest BCUT2D eigenvalue weighted by Crippen LogP contribution is -2.38. The van der Waals surface area contributed by atoms with E-state index in [1.807, 2.05) is 0 Å². The molecule has 11 heteroatoms. The van der Waals surface area contributed by atoms with Crippen molar-refractivity contribution in [3.05, 3.63) is 33.1 Å². The molecule has 0 aromatic carbocycles. The number of H-pyrrole nitrogens is 1. The number of aliphatic hydroxyl groups excluding tert-OH is 2. The van der Waals surface area contributed by atoms with Gasteiger partial charge in [-0.25, -0.2) is 4.79 Å². The van der Waals surface area contributed by atoms with Crippen molar-refractivity contribution in [3.63, 3.8) is 0 Å². The Kier molecular flexibility index (Phi) is 6.45. The van der Waals surface area contributed by atoms with Crippen molar-refractivity contribution in [2.75, 3.05) is 0 Å². The van der Waals surface area contributed by atoms with Gasteiger partial charge in [-0.15, -0.1) is 0 Å². The van der Waals surface area contributed by atoms with Gasteiger partial charge in [-0.05, 0) is 46.0 Å². The Morgan fingerprint density at radius 3 is 2.39 bits per heavy atom. The van der Waals surface area contributed by atoms with Gasteiger partial charge in [-0.2, -0.15) is 0 Å². The van der Waals surface area contributed by atoms with E-state index in [0.717, 1.165) is 10.6 Å². The summed E-state index contributed by atoms with van der Waals surface area (Å²) in [5.74, 6) is -0.536. The van der Waals surface area contributed by atoms with Gasteiger partial charge >= 0.3 is 13.3 Å². The number of hydrogen-bond donors (Lipinski definition) is 5. The summed E-state index contributed by atoms with van der Waals surface area (Å²) >= 11 is 0. The van der Waals surface area contributed by atoms with Crippen LogP contribution in [0.25, 0.3) is 0 Å². The molecule has 1 aromatic heterocycles. The first-order valence-electron chi connectivity index (χ1n) is 9.14. The van der Waals surface area contributed by atoms with E-state index in [1.165, 1.54) is 20.0 Å². The molecule has 6 atom stereocenters. The molecule has 0 spiro atoms. The van der Waals surface area contributed by atoms with Crippen LogP contribution in [-0.4, -0.2) is 52.9 Å². The average Bonchev–Trinajstić information content (AvgIpc) is 2.81. The van der Waals surface area contributed by atoms with Gasteiger partial charge in [0.15, 0.2) is 5.34 Å². The molecular formula is C17H29N2O8P. The molecule has 28 heavy (non-hydrogen) atoms. The molecule has 0 radical (unpaired) electrons. The maximum atomic E-state index is 12.4. The Morgan fingerprint density at radius 2 is 1.89 bits per heavy atom. The first-order chi connectivity index (χ1) is 12.7. The van der Waals surface area contributed by atoms with Gasteiger partial charge in [-0.3, -0.25) is 18.9 Å². The summed E-state index contributed by atoms with van der Waals surface area (Å²) in [5.41, 5.74) is -2.41. The van der Waals surface area contributed by atoms with Crippen LogP contribution in [0.1, 0.15) is 53.0 Å². The van der Waals surface area contributed by atoms with Crippen LogP contribution in [-0.2, 0) is 9.09 Å². The quantitative estimate of drug-likeness (QED) is 0.394.